The van der Waals surface area contributed by atoms with Gasteiger partial charge in [0.2, 0.25) is 0 Å². The minimum atomic E-state index is -1.03. The Hall–Kier alpha value is -2.15. The van der Waals surface area contributed by atoms with Crippen molar-refractivity contribution in [1.82, 2.24) is 0 Å². The van der Waals surface area contributed by atoms with E-state index in [-0.39, 0.29) is 18.7 Å². The first-order valence-corrected chi connectivity index (χ1v) is 5.76. The summed E-state index contributed by atoms with van der Waals surface area (Å²) >= 11 is 0. The van der Waals surface area contributed by atoms with E-state index < -0.39 is 17.0 Å². The Morgan fingerprint density at radius 2 is 2.05 bits per heavy atom. The Morgan fingerprint density at radius 3 is 2.53 bits per heavy atom. The lowest BCUT2D eigenvalue weighted by molar-refractivity contribution is -0.384. The van der Waals surface area contributed by atoms with E-state index in [1.807, 2.05) is 0 Å². The molecule has 0 radical (unpaired) electrons. The van der Waals surface area contributed by atoms with Crippen molar-refractivity contribution in [1.29, 1.82) is 0 Å². The second-order valence-electron chi connectivity index (χ2n) is 3.67. The summed E-state index contributed by atoms with van der Waals surface area (Å²) in [6.45, 7) is 2.19. The molecule has 0 saturated carbocycles. The second-order valence-corrected chi connectivity index (χ2v) is 3.67. The molecule has 0 fully saturated rings. The van der Waals surface area contributed by atoms with Crippen LogP contribution in [0.5, 0.6) is 5.75 Å². The predicted molar refractivity (Wildman–Crippen MR) is 66.3 cm³/mol. The number of hydrogen-bond donors (Lipinski definition) is 1. The fourth-order valence-electron chi connectivity index (χ4n) is 1.43. The maximum absolute atomic E-state index is 10.8. The monoisotopic (exact) mass is 269 g/mol. The van der Waals surface area contributed by atoms with Gasteiger partial charge < -0.3 is 14.6 Å². The van der Waals surface area contributed by atoms with Crippen molar-refractivity contribution >= 4 is 11.7 Å². The molecule has 0 saturated heterocycles. The highest BCUT2D eigenvalue weighted by atomic mass is 16.6. The lowest BCUT2D eigenvalue weighted by atomic mass is 10.2. The van der Waals surface area contributed by atoms with Crippen LogP contribution < -0.4 is 4.74 Å². The van der Waals surface area contributed by atoms with Gasteiger partial charge in [0, 0.05) is 25.2 Å². The number of nitrogens with zero attached hydrogens (tertiary/aromatic N) is 1. The average molecular weight is 269 g/mol. The van der Waals surface area contributed by atoms with Crippen molar-refractivity contribution in [2.24, 2.45) is 0 Å². The average Bonchev–Trinajstić information content (AvgIpc) is 2.38. The second kappa shape index (κ2) is 7.32. The van der Waals surface area contributed by atoms with Crippen LogP contribution in [-0.2, 0) is 9.53 Å². The Balaban J connectivity index is 2.43. The third-order valence-electron chi connectivity index (χ3n) is 2.34. The van der Waals surface area contributed by atoms with Crippen LogP contribution in [0.3, 0.4) is 0 Å². The molecule has 19 heavy (non-hydrogen) atoms. The lowest BCUT2D eigenvalue weighted by Crippen LogP contribution is -2.26. The quantitative estimate of drug-likeness (QED) is 0.571. The number of carboxylic acid groups (broad SMARTS) is 1. The Morgan fingerprint density at radius 1 is 1.42 bits per heavy atom. The van der Waals surface area contributed by atoms with Gasteiger partial charge in [-0.15, -0.1) is 0 Å². The number of nitro groups is 1. The summed E-state index contributed by atoms with van der Waals surface area (Å²) < 4.78 is 10.3. The van der Waals surface area contributed by atoms with E-state index in [0.29, 0.717) is 12.4 Å². The van der Waals surface area contributed by atoms with Gasteiger partial charge in [0.1, 0.15) is 5.75 Å². The van der Waals surface area contributed by atoms with Crippen molar-refractivity contribution in [3.05, 3.63) is 34.4 Å². The third-order valence-corrected chi connectivity index (χ3v) is 2.34. The van der Waals surface area contributed by atoms with E-state index in [9.17, 15) is 14.9 Å². The van der Waals surface area contributed by atoms with E-state index in [1.54, 1.807) is 6.92 Å². The van der Waals surface area contributed by atoms with Crippen LogP contribution in [0, 0.1) is 10.1 Å². The zero-order chi connectivity index (χ0) is 14.3. The SMILES string of the molecule is CCOC(CCOc1ccc([N+](=O)[O-])cc1)C(=O)O. The molecule has 0 aromatic heterocycles. The number of nitro benzene ring substituents is 1. The molecule has 7 nitrogen and oxygen atoms in total. The summed E-state index contributed by atoms with van der Waals surface area (Å²) in [5.74, 6) is -0.583. The smallest absolute Gasteiger partial charge is 0.332 e. The molecule has 0 bridgehead atoms. The summed E-state index contributed by atoms with van der Waals surface area (Å²) in [6, 6.07) is 5.59. The lowest BCUT2D eigenvalue weighted by Gasteiger charge is -2.12. The number of carboxylic acids is 1. The summed E-state index contributed by atoms with van der Waals surface area (Å²) in [5, 5.41) is 19.3. The van der Waals surface area contributed by atoms with Crippen molar-refractivity contribution in [2.45, 2.75) is 19.4 Å². The molecule has 104 valence electrons. The van der Waals surface area contributed by atoms with Crippen LogP contribution in [-0.4, -0.2) is 35.3 Å². The zero-order valence-electron chi connectivity index (χ0n) is 10.4. The highest BCUT2D eigenvalue weighted by molar-refractivity contribution is 5.72. The molecule has 0 aliphatic heterocycles. The molecule has 0 aliphatic carbocycles. The van der Waals surface area contributed by atoms with Crippen LogP contribution >= 0.6 is 0 Å². The van der Waals surface area contributed by atoms with E-state index in [1.165, 1.54) is 24.3 Å². The van der Waals surface area contributed by atoms with Crippen LogP contribution in [0.25, 0.3) is 0 Å². The van der Waals surface area contributed by atoms with Crippen LogP contribution in [0.2, 0.25) is 0 Å². The number of carbonyl (C=O) groups is 1. The number of ether oxygens (including phenoxy) is 2. The molecular weight excluding hydrogens is 254 g/mol. The zero-order valence-corrected chi connectivity index (χ0v) is 10.4. The molecule has 1 unspecified atom stereocenters. The largest absolute Gasteiger partial charge is 0.493 e. The first-order chi connectivity index (χ1) is 9.04. The first kappa shape index (κ1) is 14.9. The van der Waals surface area contributed by atoms with Crippen LogP contribution in [0.1, 0.15) is 13.3 Å². The van der Waals surface area contributed by atoms with Crippen molar-refractivity contribution in [3.8, 4) is 5.75 Å². The molecule has 1 aromatic carbocycles. The molecular formula is C12H15NO6. The molecule has 0 spiro atoms. The van der Waals surface area contributed by atoms with E-state index in [2.05, 4.69) is 0 Å². The summed E-state index contributed by atoms with van der Waals surface area (Å²) in [4.78, 5) is 20.7. The number of benzene rings is 1. The van der Waals surface area contributed by atoms with Crippen LogP contribution in [0.15, 0.2) is 24.3 Å². The minimum absolute atomic E-state index is 0.0231. The van der Waals surface area contributed by atoms with Gasteiger partial charge in [0.15, 0.2) is 6.10 Å². The fraction of sp³-hybridized carbons (Fsp3) is 0.417. The highest BCUT2D eigenvalue weighted by Gasteiger charge is 2.17. The molecule has 1 N–H and O–H groups in total. The molecule has 1 atom stereocenters. The molecule has 1 rings (SSSR count). The molecule has 0 amide bonds. The topological polar surface area (TPSA) is 98.9 Å². The molecule has 7 heteroatoms. The van der Waals surface area contributed by atoms with Gasteiger partial charge in [-0.1, -0.05) is 0 Å². The number of non-ortho nitro benzene ring substituents is 1. The van der Waals surface area contributed by atoms with Gasteiger partial charge >= 0.3 is 5.97 Å². The van der Waals surface area contributed by atoms with Gasteiger partial charge in [-0.05, 0) is 19.1 Å². The number of rotatable bonds is 8. The summed E-state index contributed by atoms with van der Waals surface area (Å²) in [5.41, 5.74) is -0.0231. The van der Waals surface area contributed by atoms with Crippen molar-refractivity contribution in [2.75, 3.05) is 13.2 Å². The summed E-state index contributed by atoms with van der Waals surface area (Å²) in [7, 11) is 0. The van der Waals surface area contributed by atoms with E-state index in [4.69, 9.17) is 14.6 Å². The van der Waals surface area contributed by atoms with E-state index in [0.717, 1.165) is 0 Å². The molecule has 0 aliphatic rings. The van der Waals surface area contributed by atoms with Crippen molar-refractivity contribution in [3.63, 3.8) is 0 Å². The Kier molecular flexibility index (Phi) is 5.74. The van der Waals surface area contributed by atoms with Crippen molar-refractivity contribution < 1.29 is 24.3 Å². The first-order valence-electron chi connectivity index (χ1n) is 5.76. The predicted octanol–water partition coefficient (Wildman–Crippen LogP) is 1.85. The van der Waals surface area contributed by atoms with Gasteiger partial charge in [0.05, 0.1) is 11.5 Å². The number of hydrogen-bond acceptors (Lipinski definition) is 5. The Labute approximate surface area is 109 Å². The summed E-state index contributed by atoms with van der Waals surface area (Å²) in [6.07, 6.45) is -0.691. The van der Waals surface area contributed by atoms with Gasteiger partial charge in [-0.3, -0.25) is 10.1 Å². The van der Waals surface area contributed by atoms with Gasteiger partial charge in [-0.25, -0.2) is 4.79 Å². The van der Waals surface area contributed by atoms with Crippen LogP contribution in [0.4, 0.5) is 5.69 Å². The minimum Gasteiger partial charge on any atom is -0.493 e. The van der Waals surface area contributed by atoms with E-state index >= 15 is 0 Å². The standard InChI is InChI=1S/C12H15NO6/c1-2-18-11(12(14)15)7-8-19-10-5-3-9(4-6-10)13(16)17/h3-6,11H,2,7-8H2,1H3,(H,14,15). The molecule has 1 aromatic rings. The maximum atomic E-state index is 10.8. The van der Waals surface area contributed by atoms with Gasteiger partial charge in [0.25, 0.3) is 5.69 Å². The Bertz CT molecular complexity index is 430. The maximum Gasteiger partial charge on any atom is 0.332 e. The molecule has 0 heterocycles. The van der Waals surface area contributed by atoms with Gasteiger partial charge in [-0.2, -0.15) is 0 Å². The fourth-order valence-corrected chi connectivity index (χ4v) is 1.43. The highest BCUT2D eigenvalue weighted by Crippen LogP contribution is 2.17. The number of aliphatic carboxylic acids is 1. The normalized spacial score (nSPS) is 11.8. The third kappa shape index (κ3) is 4.92.